The highest BCUT2D eigenvalue weighted by atomic mass is 32.1. The molecule has 2 aliphatic heterocycles. The van der Waals surface area contributed by atoms with Gasteiger partial charge in [-0.1, -0.05) is 0 Å². The van der Waals surface area contributed by atoms with E-state index in [0.29, 0.717) is 0 Å². The summed E-state index contributed by atoms with van der Waals surface area (Å²) in [6, 6.07) is 0. The molecule has 2 aromatic rings. The van der Waals surface area contributed by atoms with Gasteiger partial charge in [-0.25, -0.2) is 0 Å². The van der Waals surface area contributed by atoms with Crippen LogP contribution in [0.4, 0.5) is 0 Å². The number of hydrogen-bond acceptors (Lipinski definition) is 6. The van der Waals surface area contributed by atoms with Crippen molar-refractivity contribution >= 4 is 22.7 Å². The molecule has 2 aromatic heterocycles. The third-order valence-corrected chi connectivity index (χ3v) is 7.77. The van der Waals surface area contributed by atoms with E-state index in [1.807, 2.05) is 29.7 Å². The fourth-order valence-corrected chi connectivity index (χ4v) is 6.34. The molecule has 4 nitrogen and oxygen atoms in total. The van der Waals surface area contributed by atoms with Crippen LogP contribution in [0.1, 0.15) is 44.2 Å². The molecule has 0 bridgehead atoms. The predicted molar refractivity (Wildman–Crippen MR) is 109 cm³/mol. The molecule has 2 N–H and O–H groups in total. The number of aryl methyl sites for hydroxylation is 1. The molecule has 0 radical (unpaired) electrons. The van der Waals surface area contributed by atoms with Crippen molar-refractivity contribution in [3.8, 4) is 0 Å². The van der Waals surface area contributed by atoms with Crippen molar-refractivity contribution in [3.05, 3.63) is 42.8 Å². The second-order valence-electron chi connectivity index (χ2n) is 7.10. The van der Waals surface area contributed by atoms with E-state index in [1.54, 1.807) is 0 Å². The summed E-state index contributed by atoms with van der Waals surface area (Å²) >= 11 is 3.72. The molecule has 0 amide bonds. The molecule has 0 aromatic carbocycles. The molecule has 142 valence electrons. The van der Waals surface area contributed by atoms with Gasteiger partial charge in [-0.2, -0.15) is 0 Å². The molecule has 6 heteroatoms. The summed E-state index contributed by atoms with van der Waals surface area (Å²) < 4.78 is 11.9. The van der Waals surface area contributed by atoms with E-state index in [1.165, 1.54) is 32.0 Å². The van der Waals surface area contributed by atoms with Gasteiger partial charge in [0.25, 0.3) is 0 Å². The van der Waals surface area contributed by atoms with Crippen molar-refractivity contribution in [2.45, 2.75) is 38.4 Å². The third-order valence-electron chi connectivity index (χ3n) is 5.37. The number of rotatable bonds is 7. The first-order chi connectivity index (χ1) is 12.8. The molecule has 0 spiro atoms. The fourth-order valence-electron chi connectivity index (χ4n) is 3.98. The first-order valence-electron chi connectivity index (χ1n) is 9.52. The topological polar surface area (TPSA) is 42.5 Å². The van der Waals surface area contributed by atoms with Gasteiger partial charge >= 0.3 is 0 Å². The summed E-state index contributed by atoms with van der Waals surface area (Å²) in [4.78, 5) is 2.86. The summed E-state index contributed by atoms with van der Waals surface area (Å²) in [5.41, 5.74) is 5.99. The monoisotopic (exact) mass is 392 g/mol. The summed E-state index contributed by atoms with van der Waals surface area (Å²) in [7, 11) is 1.99. The average molecular weight is 393 g/mol. The van der Waals surface area contributed by atoms with Crippen LogP contribution in [0.5, 0.6) is 0 Å². The zero-order valence-corrected chi connectivity index (χ0v) is 17.2. The molecule has 0 saturated heterocycles. The molecular weight excluding hydrogens is 364 g/mol. The van der Waals surface area contributed by atoms with E-state index >= 15 is 0 Å². The quantitative estimate of drug-likeness (QED) is 0.709. The summed E-state index contributed by atoms with van der Waals surface area (Å²) in [6.07, 6.45) is 3.66. The number of hydrogen-bond donors (Lipinski definition) is 2. The van der Waals surface area contributed by atoms with E-state index in [0.717, 1.165) is 52.1 Å². The lowest BCUT2D eigenvalue weighted by Crippen LogP contribution is -2.28. The summed E-state index contributed by atoms with van der Waals surface area (Å²) in [6.45, 7) is 6.71. The Morgan fingerprint density at radius 2 is 1.69 bits per heavy atom. The first-order valence-corrected chi connectivity index (χ1v) is 11.3. The lowest BCUT2D eigenvalue weighted by molar-refractivity contribution is 0.0454. The van der Waals surface area contributed by atoms with Crippen molar-refractivity contribution in [1.29, 1.82) is 0 Å². The predicted octanol–water partition coefficient (Wildman–Crippen LogP) is 3.40. The maximum Gasteiger partial charge on any atom is 0.104 e. The lowest BCUT2D eigenvalue weighted by Gasteiger charge is -2.24. The Balaban J connectivity index is 1.31. The Morgan fingerprint density at radius 1 is 1.00 bits per heavy atom. The smallest absolute Gasteiger partial charge is 0.104 e. The minimum Gasteiger partial charge on any atom is -0.371 e. The molecule has 0 saturated carbocycles. The molecule has 2 unspecified atom stereocenters. The van der Waals surface area contributed by atoms with Crippen molar-refractivity contribution in [1.82, 2.24) is 10.6 Å². The first kappa shape index (κ1) is 18.6. The lowest BCUT2D eigenvalue weighted by atomic mass is 10.0. The molecule has 0 fully saturated rings. The van der Waals surface area contributed by atoms with E-state index < -0.39 is 0 Å². The molecule has 2 aliphatic rings. The highest BCUT2D eigenvalue weighted by Crippen LogP contribution is 2.35. The van der Waals surface area contributed by atoms with Gasteiger partial charge in [-0.05, 0) is 72.8 Å². The van der Waals surface area contributed by atoms with Crippen molar-refractivity contribution in [3.63, 3.8) is 0 Å². The standard InChI is InChI=1S/C20H28N2O2S2/c1-13-11-25-19-15(13)4-7-24-18(19)10-22-6-3-14-12-26-20-16(14)5-8-23-17(20)9-21-2/h11-12,17-18,21-22H,3-10H2,1-2H3. The van der Waals surface area contributed by atoms with Crippen molar-refractivity contribution in [2.24, 2.45) is 0 Å². The van der Waals surface area contributed by atoms with E-state index in [2.05, 4.69) is 28.3 Å². The number of fused-ring (bicyclic) bond motifs is 2. The minimum atomic E-state index is 0.224. The van der Waals surface area contributed by atoms with E-state index in [9.17, 15) is 0 Å². The van der Waals surface area contributed by atoms with Gasteiger partial charge in [0.15, 0.2) is 0 Å². The Morgan fingerprint density at radius 3 is 2.50 bits per heavy atom. The Labute approximate surface area is 163 Å². The number of ether oxygens (including phenoxy) is 2. The van der Waals surface area contributed by atoms with Crippen LogP contribution < -0.4 is 10.6 Å². The zero-order chi connectivity index (χ0) is 17.9. The van der Waals surface area contributed by atoms with Gasteiger partial charge in [0, 0.05) is 22.8 Å². The number of thiophene rings is 2. The average Bonchev–Trinajstić information content (AvgIpc) is 3.24. The van der Waals surface area contributed by atoms with E-state index in [-0.39, 0.29) is 12.2 Å². The van der Waals surface area contributed by atoms with Crippen LogP contribution in [0.15, 0.2) is 10.8 Å². The molecule has 2 atom stereocenters. The molecular formula is C20H28N2O2S2. The number of nitrogens with one attached hydrogen (secondary N) is 2. The van der Waals surface area contributed by atoms with Crippen LogP contribution in [-0.4, -0.2) is 39.9 Å². The van der Waals surface area contributed by atoms with Crippen LogP contribution >= 0.6 is 22.7 Å². The second kappa shape index (κ2) is 8.50. The maximum atomic E-state index is 6.01. The van der Waals surface area contributed by atoms with Crippen LogP contribution in [0.25, 0.3) is 0 Å². The Hall–Kier alpha value is -0.760. The molecule has 4 heterocycles. The maximum absolute atomic E-state index is 6.01. The van der Waals surface area contributed by atoms with Crippen molar-refractivity contribution < 1.29 is 9.47 Å². The van der Waals surface area contributed by atoms with Crippen LogP contribution in [-0.2, 0) is 28.7 Å². The highest BCUT2D eigenvalue weighted by Gasteiger charge is 2.25. The summed E-state index contributed by atoms with van der Waals surface area (Å²) in [5, 5.41) is 11.5. The van der Waals surface area contributed by atoms with Crippen molar-refractivity contribution in [2.75, 3.05) is 39.9 Å². The van der Waals surface area contributed by atoms with Gasteiger partial charge in [0.2, 0.25) is 0 Å². The molecule has 0 aliphatic carbocycles. The van der Waals surface area contributed by atoms with Gasteiger partial charge in [-0.15, -0.1) is 22.7 Å². The van der Waals surface area contributed by atoms with Gasteiger partial charge in [0.05, 0.1) is 13.2 Å². The SMILES string of the molecule is CNCC1OCCc2c(CCNCC3OCCc4c(C)csc43)csc21. The zero-order valence-electron chi connectivity index (χ0n) is 15.6. The second-order valence-corrected chi connectivity index (χ2v) is 8.92. The third kappa shape index (κ3) is 3.77. The normalized spacial score (nSPS) is 22.2. The summed E-state index contributed by atoms with van der Waals surface area (Å²) in [5.74, 6) is 0. The Bertz CT molecular complexity index is 740. The van der Waals surface area contributed by atoms with Gasteiger partial charge in [-0.3, -0.25) is 0 Å². The van der Waals surface area contributed by atoms with Gasteiger partial charge in [0.1, 0.15) is 12.2 Å². The molecule has 4 rings (SSSR count). The van der Waals surface area contributed by atoms with Crippen LogP contribution in [0.3, 0.4) is 0 Å². The molecule has 26 heavy (non-hydrogen) atoms. The highest BCUT2D eigenvalue weighted by molar-refractivity contribution is 7.10. The van der Waals surface area contributed by atoms with Crippen LogP contribution in [0.2, 0.25) is 0 Å². The van der Waals surface area contributed by atoms with Crippen LogP contribution in [0, 0.1) is 6.92 Å². The van der Waals surface area contributed by atoms with Gasteiger partial charge < -0.3 is 20.1 Å². The van der Waals surface area contributed by atoms with E-state index in [4.69, 9.17) is 9.47 Å². The number of likely N-dealkylation sites (N-methyl/N-ethyl adjacent to an activating group) is 1. The fraction of sp³-hybridized carbons (Fsp3) is 0.600. The largest absolute Gasteiger partial charge is 0.371 e. The minimum absolute atomic E-state index is 0.224. The Kier molecular flexibility index (Phi) is 6.08.